The van der Waals surface area contributed by atoms with E-state index in [2.05, 4.69) is 4.74 Å². The number of carbonyl (C=O) groups is 4. The lowest BCUT2D eigenvalue weighted by atomic mass is 9.96. The smallest absolute Gasteiger partial charge is 0.340 e. The minimum absolute atomic E-state index is 0.138. The molecule has 280 valence electrons. The normalized spacial score (nSPS) is 24.8. The second-order valence-corrected chi connectivity index (χ2v) is 12.2. The molecule has 0 bridgehead atoms. The largest absolute Gasteiger partial charge is 0.454 e. The maximum atomic E-state index is 12.9. The first-order valence-electron chi connectivity index (χ1n) is 16.4. The summed E-state index contributed by atoms with van der Waals surface area (Å²) in [7, 11) is 0. The van der Waals surface area contributed by atoms with E-state index in [1.54, 1.807) is 115 Å². The van der Waals surface area contributed by atoms with E-state index in [9.17, 15) is 19.2 Å². The van der Waals surface area contributed by atoms with Gasteiger partial charge in [0.2, 0.25) is 12.4 Å². The van der Waals surface area contributed by atoms with E-state index < -0.39 is 66.3 Å². The van der Waals surface area contributed by atoms with Crippen LogP contribution in [-0.4, -0.2) is 99.9 Å². The van der Waals surface area contributed by atoms with Crippen LogP contribution in [0.1, 0.15) is 48.4 Å². The number of aliphatic hydroxyl groups is 4. The second kappa shape index (κ2) is 20.3. The lowest BCUT2D eigenvalue weighted by Gasteiger charge is -2.39. The molecule has 2 aliphatic heterocycles. The summed E-state index contributed by atoms with van der Waals surface area (Å²) >= 11 is 5.16. The van der Waals surface area contributed by atoms with Gasteiger partial charge >= 0.3 is 17.9 Å². The predicted octanol–water partition coefficient (Wildman–Crippen LogP) is 3.77. The van der Waals surface area contributed by atoms with Gasteiger partial charge in [-0.1, -0.05) is 91.9 Å². The summed E-state index contributed by atoms with van der Waals surface area (Å²) in [6.07, 6.45) is -8.56. The molecule has 4 N–H and O–H groups in total. The third kappa shape index (κ3) is 12.0. The molecule has 2 heterocycles. The van der Waals surface area contributed by atoms with Crippen LogP contribution in [0.3, 0.4) is 0 Å². The van der Waals surface area contributed by atoms with E-state index in [1.807, 2.05) is 13.0 Å². The summed E-state index contributed by atoms with van der Waals surface area (Å²) < 4.78 is 27.3. The summed E-state index contributed by atoms with van der Waals surface area (Å²) in [6.45, 7) is 1.79. The van der Waals surface area contributed by atoms with Gasteiger partial charge in [0.05, 0.1) is 29.9 Å². The van der Waals surface area contributed by atoms with Crippen LogP contribution in [0, 0.1) is 5.92 Å². The molecule has 0 radical (unpaired) electrons. The lowest BCUT2D eigenvalue weighted by Crippen LogP contribution is -2.54. The highest BCUT2D eigenvalue weighted by molar-refractivity contribution is 6.67. The Morgan fingerprint density at radius 2 is 0.943 bits per heavy atom. The highest BCUT2D eigenvalue weighted by atomic mass is 35.5. The maximum Gasteiger partial charge on any atom is 0.340 e. The fraction of sp³-hybridized carbons (Fsp3) is 0.282. The fourth-order valence-corrected chi connectivity index (χ4v) is 5.09. The number of esters is 3. The summed E-state index contributed by atoms with van der Waals surface area (Å²) in [5.41, 5.74) is 1.52. The number of hydrogen-bond acceptors (Lipinski definition) is 13. The molecule has 0 amide bonds. The minimum atomic E-state index is -1.41. The molecular formula is C39H39ClO13. The number of ether oxygens (including phenoxy) is 5. The zero-order valence-corrected chi connectivity index (χ0v) is 29.2. The zero-order chi connectivity index (χ0) is 38.3. The number of rotatable bonds is 7. The molecule has 6 rings (SSSR count). The van der Waals surface area contributed by atoms with Crippen molar-refractivity contribution in [2.75, 3.05) is 13.2 Å². The Morgan fingerprint density at radius 1 is 0.547 bits per heavy atom. The molecule has 14 heteroatoms. The van der Waals surface area contributed by atoms with Gasteiger partial charge in [0.25, 0.3) is 5.24 Å². The van der Waals surface area contributed by atoms with Gasteiger partial charge in [0.1, 0.15) is 24.4 Å². The monoisotopic (exact) mass is 750 g/mol. The molecule has 2 unspecified atom stereocenters. The zero-order valence-electron chi connectivity index (χ0n) is 28.4. The molecule has 13 nitrogen and oxygen atoms in total. The van der Waals surface area contributed by atoms with Crippen molar-refractivity contribution in [2.45, 2.75) is 50.0 Å². The van der Waals surface area contributed by atoms with E-state index in [0.717, 1.165) is 0 Å². The van der Waals surface area contributed by atoms with E-state index in [4.69, 9.17) is 51.0 Å². The Labute approximate surface area is 310 Å². The van der Waals surface area contributed by atoms with Crippen molar-refractivity contribution in [3.63, 3.8) is 0 Å². The molecule has 53 heavy (non-hydrogen) atoms. The van der Waals surface area contributed by atoms with Crippen molar-refractivity contribution in [2.24, 2.45) is 5.92 Å². The first-order chi connectivity index (χ1) is 25.5. The summed E-state index contributed by atoms with van der Waals surface area (Å²) in [5, 5.41) is 34.8. The SMILES string of the molecule is C[C@H]1CO[C@@H](OC(=O)c2ccccc2)C(OC(=O)c2ccccc2)[C@@H]1OC(=O)c1ccccc1.O=C(Cl)c1ccccc1.OC1[C@H](O)OC[C@H](O)[C@H]1O. The van der Waals surface area contributed by atoms with Crippen LogP contribution in [-0.2, 0) is 23.7 Å². The highest BCUT2D eigenvalue weighted by Crippen LogP contribution is 2.29. The third-order valence-electron chi connectivity index (χ3n) is 7.89. The Hall–Kier alpha value is -4.99. The van der Waals surface area contributed by atoms with Crippen LogP contribution in [0.4, 0.5) is 0 Å². The Morgan fingerprint density at radius 3 is 1.34 bits per heavy atom. The molecule has 2 fully saturated rings. The van der Waals surface area contributed by atoms with Crippen molar-refractivity contribution >= 4 is 34.8 Å². The van der Waals surface area contributed by atoms with Crippen molar-refractivity contribution in [1.29, 1.82) is 0 Å². The van der Waals surface area contributed by atoms with Crippen molar-refractivity contribution in [3.05, 3.63) is 144 Å². The molecule has 0 spiro atoms. The first-order valence-corrected chi connectivity index (χ1v) is 16.8. The van der Waals surface area contributed by atoms with Gasteiger partial charge in [-0.3, -0.25) is 4.79 Å². The molecule has 0 aromatic heterocycles. The van der Waals surface area contributed by atoms with Gasteiger partial charge < -0.3 is 44.1 Å². The molecule has 0 saturated carbocycles. The summed E-state index contributed by atoms with van der Waals surface area (Å²) in [5.74, 6) is -2.19. The minimum Gasteiger partial charge on any atom is -0.454 e. The van der Waals surface area contributed by atoms with Gasteiger partial charge in [-0.2, -0.15) is 0 Å². The van der Waals surface area contributed by atoms with Crippen LogP contribution >= 0.6 is 11.6 Å². The number of aliphatic hydroxyl groups excluding tert-OH is 4. The number of halogens is 1. The van der Waals surface area contributed by atoms with Gasteiger partial charge in [-0.25, -0.2) is 14.4 Å². The van der Waals surface area contributed by atoms with E-state index in [0.29, 0.717) is 22.3 Å². The molecule has 8 atom stereocenters. The molecule has 2 saturated heterocycles. The fourth-order valence-electron chi connectivity index (χ4n) is 4.96. The second-order valence-electron chi connectivity index (χ2n) is 11.8. The first kappa shape index (κ1) is 40.8. The van der Waals surface area contributed by atoms with Gasteiger partial charge in [0.15, 0.2) is 6.29 Å². The average Bonchev–Trinajstić information content (AvgIpc) is 3.19. The maximum absolute atomic E-state index is 12.9. The predicted molar refractivity (Wildman–Crippen MR) is 189 cm³/mol. The highest BCUT2D eigenvalue weighted by Gasteiger charge is 2.46. The van der Waals surface area contributed by atoms with Crippen LogP contribution in [0.15, 0.2) is 121 Å². The van der Waals surface area contributed by atoms with Crippen LogP contribution < -0.4 is 0 Å². The van der Waals surface area contributed by atoms with Crippen molar-refractivity contribution in [3.8, 4) is 0 Å². The standard InChI is InChI=1S/C27H24O7.C7H5ClO.C5H10O5/c1-18-17-31-27(34-26(30)21-15-9-4-10-16-21)23(33-25(29)20-13-7-3-8-14-20)22(18)32-24(28)19-11-5-2-6-12-19;8-7(9)6-4-2-1-3-5-6;6-2-1-10-5(9)4(8)3(2)7/h2-16,18,22-23,27H,17H2,1H3;1-5H;2-9H,1H2/t18-,22+,23?,27-;;2-,3+,4?,5+/m0.0/s1. The molecule has 2 aliphatic rings. The Bertz CT molecular complexity index is 1730. The lowest BCUT2D eigenvalue weighted by molar-refractivity contribution is -0.252. The van der Waals surface area contributed by atoms with E-state index in [-0.39, 0.29) is 19.1 Å². The van der Waals surface area contributed by atoms with Crippen LogP contribution in [0.5, 0.6) is 0 Å². The van der Waals surface area contributed by atoms with Crippen LogP contribution in [0.2, 0.25) is 0 Å². The summed E-state index contributed by atoms with van der Waals surface area (Å²) in [6, 6.07) is 34.0. The Balaban J connectivity index is 0.000000267. The molecular weight excluding hydrogens is 712 g/mol. The molecule has 0 aliphatic carbocycles. The topological polar surface area (TPSA) is 195 Å². The average molecular weight is 751 g/mol. The number of benzene rings is 4. The number of carbonyl (C=O) groups excluding carboxylic acids is 4. The van der Waals surface area contributed by atoms with Gasteiger partial charge in [-0.05, 0) is 48.0 Å². The summed E-state index contributed by atoms with van der Waals surface area (Å²) in [4.78, 5) is 48.8. The third-order valence-corrected chi connectivity index (χ3v) is 8.11. The number of hydrogen-bond donors (Lipinski definition) is 4. The van der Waals surface area contributed by atoms with Crippen LogP contribution in [0.25, 0.3) is 0 Å². The van der Waals surface area contributed by atoms with Gasteiger partial charge in [0, 0.05) is 11.5 Å². The molecule has 4 aromatic rings. The van der Waals surface area contributed by atoms with E-state index in [1.165, 1.54) is 0 Å². The van der Waals surface area contributed by atoms with Crippen molar-refractivity contribution in [1.82, 2.24) is 0 Å². The Kier molecular flexibility index (Phi) is 15.6. The van der Waals surface area contributed by atoms with Gasteiger partial charge in [-0.15, -0.1) is 0 Å². The van der Waals surface area contributed by atoms with E-state index >= 15 is 0 Å². The quantitative estimate of drug-likeness (QED) is 0.121. The molecule has 4 aromatic carbocycles. The van der Waals surface area contributed by atoms with Crippen molar-refractivity contribution < 1.29 is 63.3 Å².